The number of imidazole rings is 1. The number of non-ortho nitro benzene ring substituents is 1. The Balaban J connectivity index is 1.57. The molecule has 2 aromatic heterocycles. The fourth-order valence-corrected chi connectivity index (χ4v) is 3.60. The average molecular weight is 391 g/mol. The Hall–Kier alpha value is -3.67. The summed E-state index contributed by atoms with van der Waals surface area (Å²) in [5, 5.41) is 20.5. The number of nitro groups is 1. The van der Waals surface area contributed by atoms with Gasteiger partial charge in [-0.15, -0.1) is 0 Å². The average Bonchev–Trinajstić information content (AvgIpc) is 2.98. The second-order valence-electron chi connectivity index (χ2n) is 7.22. The van der Waals surface area contributed by atoms with Gasteiger partial charge in [-0.2, -0.15) is 5.26 Å². The zero-order valence-corrected chi connectivity index (χ0v) is 16.3. The number of aromatic nitrogens is 3. The number of aromatic amines is 1. The predicted molar refractivity (Wildman–Crippen MR) is 110 cm³/mol. The van der Waals surface area contributed by atoms with E-state index in [-0.39, 0.29) is 5.69 Å². The van der Waals surface area contributed by atoms with E-state index < -0.39 is 4.92 Å². The quantitative estimate of drug-likeness (QED) is 0.539. The molecule has 1 aromatic carbocycles. The summed E-state index contributed by atoms with van der Waals surface area (Å²) in [6.07, 6.45) is 0.886. The van der Waals surface area contributed by atoms with Gasteiger partial charge in [0.05, 0.1) is 21.5 Å². The lowest BCUT2D eigenvalue weighted by Gasteiger charge is -2.24. The molecule has 1 aliphatic rings. The number of benzene rings is 1. The molecule has 9 nitrogen and oxygen atoms in total. The maximum Gasteiger partial charge on any atom is 0.271 e. The number of nitro benzene ring substituents is 1. The van der Waals surface area contributed by atoms with Crippen LogP contribution in [0.5, 0.6) is 0 Å². The highest BCUT2D eigenvalue weighted by Gasteiger charge is 2.21. The molecule has 3 aromatic rings. The highest BCUT2D eigenvalue weighted by Crippen LogP contribution is 2.25. The Morgan fingerprint density at radius 2 is 1.90 bits per heavy atom. The van der Waals surface area contributed by atoms with Gasteiger partial charge in [-0.25, -0.2) is 9.97 Å². The normalized spacial score (nSPS) is 14.7. The van der Waals surface area contributed by atoms with Crippen molar-refractivity contribution in [2.45, 2.75) is 20.3 Å². The number of hydrogen-bond acceptors (Lipinski definition) is 7. The summed E-state index contributed by atoms with van der Waals surface area (Å²) in [6, 6.07) is 8.80. The Morgan fingerprint density at radius 3 is 2.66 bits per heavy atom. The summed E-state index contributed by atoms with van der Waals surface area (Å²) >= 11 is 0. The summed E-state index contributed by atoms with van der Waals surface area (Å²) in [5.41, 5.74) is 3.93. The molecule has 1 aliphatic heterocycles. The zero-order chi connectivity index (χ0) is 20.5. The molecule has 0 amide bonds. The fraction of sp³-hybridized carbons (Fsp3) is 0.350. The van der Waals surface area contributed by atoms with Crippen LogP contribution in [0.25, 0.3) is 11.0 Å². The third-order valence-corrected chi connectivity index (χ3v) is 5.33. The van der Waals surface area contributed by atoms with E-state index in [1.54, 1.807) is 6.07 Å². The van der Waals surface area contributed by atoms with Crippen LogP contribution in [0.1, 0.15) is 23.2 Å². The lowest BCUT2D eigenvalue weighted by atomic mass is 10.1. The van der Waals surface area contributed by atoms with Crippen molar-refractivity contribution in [3.05, 3.63) is 51.2 Å². The van der Waals surface area contributed by atoms with Gasteiger partial charge >= 0.3 is 0 Å². The van der Waals surface area contributed by atoms with E-state index in [0.717, 1.165) is 36.6 Å². The second kappa shape index (κ2) is 7.39. The number of anilines is 2. The van der Waals surface area contributed by atoms with E-state index in [9.17, 15) is 15.4 Å². The van der Waals surface area contributed by atoms with Crippen molar-refractivity contribution in [2.75, 3.05) is 36.0 Å². The summed E-state index contributed by atoms with van der Waals surface area (Å²) in [7, 11) is 0. The lowest BCUT2D eigenvalue weighted by Crippen LogP contribution is -2.32. The van der Waals surface area contributed by atoms with Crippen LogP contribution in [0, 0.1) is 35.3 Å². The van der Waals surface area contributed by atoms with E-state index in [4.69, 9.17) is 0 Å². The molecule has 29 heavy (non-hydrogen) atoms. The van der Waals surface area contributed by atoms with Crippen LogP contribution in [0.15, 0.2) is 24.3 Å². The number of nitrogens with zero attached hydrogens (tertiary/aromatic N) is 6. The third-order valence-electron chi connectivity index (χ3n) is 5.33. The van der Waals surface area contributed by atoms with Gasteiger partial charge in [0.25, 0.3) is 5.69 Å². The molecule has 1 N–H and O–H groups in total. The molecule has 3 heterocycles. The van der Waals surface area contributed by atoms with Crippen LogP contribution in [-0.2, 0) is 0 Å². The van der Waals surface area contributed by atoms with Crippen LogP contribution in [0.3, 0.4) is 0 Å². The summed E-state index contributed by atoms with van der Waals surface area (Å²) < 4.78 is 0. The number of pyridine rings is 1. The Morgan fingerprint density at radius 1 is 1.14 bits per heavy atom. The minimum Gasteiger partial charge on any atom is -0.354 e. The van der Waals surface area contributed by atoms with E-state index in [2.05, 4.69) is 30.8 Å². The van der Waals surface area contributed by atoms with Gasteiger partial charge < -0.3 is 14.8 Å². The summed E-state index contributed by atoms with van der Waals surface area (Å²) in [5.74, 6) is 1.44. The maximum absolute atomic E-state index is 11.0. The van der Waals surface area contributed by atoms with Gasteiger partial charge in [0, 0.05) is 44.0 Å². The third kappa shape index (κ3) is 3.57. The molecule has 1 fully saturated rings. The first kappa shape index (κ1) is 18.7. The minimum absolute atomic E-state index is 0.0413. The van der Waals surface area contributed by atoms with Gasteiger partial charge in [0.2, 0.25) is 5.95 Å². The first-order valence-electron chi connectivity index (χ1n) is 9.48. The predicted octanol–water partition coefficient (Wildman–Crippen LogP) is 3.07. The Bertz CT molecular complexity index is 1130. The monoisotopic (exact) mass is 391 g/mol. The number of rotatable bonds is 3. The van der Waals surface area contributed by atoms with Crippen LogP contribution in [-0.4, -0.2) is 46.1 Å². The van der Waals surface area contributed by atoms with Crippen molar-refractivity contribution < 1.29 is 4.92 Å². The van der Waals surface area contributed by atoms with Gasteiger partial charge in [-0.3, -0.25) is 10.1 Å². The first-order valence-corrected chi connectivity index (χ1v) is 9.48. The number of H-pyrrole nitrogens is 1. The van der Waals surface area contributed by atoms with Crippen molar-refractivity contribution in [1.82, 2.24) is 15.0 Å². The molecule has 0 saturated carbocycles. The van der Waals surface area contributed by atoms with Crippen molar-refractivity contribution in [3.63, 3.8) is 0 Å². The second-order valence-corrected chi connectivity index (χ2v) is 7.22. The molecule has 0 aliphatic carbocycles. The number of aryl methyl sites for hydroxylation is 2. The summed E-state index contributed by atoms with van der Waals surface area (Å²) in [6.45, 7) is 6.93. The SMILES string of the molecule is Cc1cc(C#N)c(N2CCCN(c3nc4ccc([N+](=O)[O-])cc4[nH]3)CC2)nc1C. The largest absolute Gasteiger partial charge is 0.354 e. The molecule has 0 radical (unpaired) electrons. The van der Waals surface area contributed by atoms with E-state index in [0.29, 0.717) is 35.6 Å². The number of hydrogen-bond donors (Lipinski definition) is 1. The smallest absolute Gasteiger partial charge is 0.271 e. The maximum atomic E-state index is 11.0. The van der Waals surface area contributed by atoms with Crippen LogP contribution in [0.2, 0.25) is 0 Å². The molecule has 9 heteroatoms. The Labute approximate surface area is 167 Å². The molecule has 0 spiro atoms. The molecular formula is C20H21N7O2. The van der Waals surface area contributed by atoms with Gasteiger partial charge in [0.1, 0.15) is 11.9 Å². The topological polar surface area (TPSA) is 115 Å². The fourth-order valence-electron chi connectivity index (χ4n) is 3.60. The molecule has 148 valence electrons. The molecule has 0 unspecified atom stereocenters. The van der Waals surface area contributed by atoms with E-state index in [1.807, 2.05) is 19.9 Å². The summed E-state index contributed by atoms with van der Waals surface area (Å²) in [4.78, 5) is 27.3. The number of nitriles is 1. The van der Waals surface area contributed by atoms with Gasteiger partial charge in [-0.1, -0.05) is 0 Å². The van der Waals surface area contributed by atoms with Gasteiger partial charge in [-0.05, 0) is 38.0 Å². The highest BCUT2D eigenvalue weighted by molar-refractivity contribution is 5.80. The van der Waals surface area contributed by atoms with Crippen molar-refractivity contribution in [2.24, 2.45) is 0 Å². The highest BCUT2D eigenvalue weighted by atomic mass is 16.6. The standard InChI is InChI=1S/C20H21N7O2/c1-13-10-15(12-21)19(22-14(13)2)25-6-3-7-26(9-8-25)20-23-17-5-4-16(27(28)29)11-18(17)24-20/h4-5,10-11H,3,6-9H2,1-2H3,(H,23,24). The van der Waals surface area contributed by atoms with Gasteiger partial charge in [0.15, 0.2) is 0 Å². The number of fused-ring (bicyclic) bond motifs is 1. The van der Waals surface area contributed by atoms with Crippen molar-refractivity contribution in [1.29, 1.82) is 5.26 Å². The van der Waals surface area contributed by atoms with Crippen LogP contribution >= 0.6 is 0 Å². The molecule has 1 saturated heterocycles. The lowest BCUT2D eigenvalue weighted by molar-refractivity contribution is -0.384. The van der Waals surface area contributed by atoms with E-state index >= 15 is 0 Å². The molecule has 4 rings (SSSR count). The van der Waals surface area contributed by atoms with Crippen molar-refractivity contribution >= 4 is 28.5 Å². The van der Waals surface area contributed by atoms with Crippen molar-refractivity contribution in [3.8, 4) is 6.07 Å². The molecule has 0 bridgehead atoms. The first-order chi connectivity index (χ1) is 14.0. The molecular weight excluding hydrogens is 370 g/mol. The molecule has 0 atom stereocenters. The van der Waals surface area contributed by atoms with Crippen LogP contribution in [0.4, 0.5) is 17.5 Å². The van der Waals surface area contributed by atoms with E-state index in [1.165, 1.54) is 12.1 Å². The Kier molecular flexibility index (Phi) is 4.76. The minimum atomic E-state index is -0.410. The van der Waals surface area contributed by atoms with Crippen LogP contribution < -0.4 is 9.80 Å². The zero-order valence-electron chi connectivity index (χ0n) is 16.3. The number of nitrogens with one attached hydrogen (secondary N) is 1.